The third-order valence-electron chi connectivity index (χ3n) is 3.63. The van der Waals surface area contributed by atoms with Crippen molar-refractivity contribution in [1.29, 1.82) is 0 Å². The van der Waals surface area contributed by atoms with Crippen molar-refractivity contribution >= 4 is 46.5 Å². The molecule has 1 unspecified atom stereocenters. The summed E-state index contributed by atoms with van der Waals surface area (Å²) < 4.78 is 18.7. The zero-order valence-corrected chi connectivity index (χ0v) is 16.0. The molecule has 1 aliphatic heterocycles. The molecule has 1 aromatic heterocycles. The highest BCUT2D eigenvalue weighted by molar-refractivity contribution is 7.99. The van der Waals surface area contributed by atoms with E-state index in [1.807, 2.05) is 11.8 Å². The summed E-state index contributed by atoms with van der Waals surface area (Å²) in [4.78, 5) is 16.5. The smallest absolute Gasteiger partial charge is 0.227 e. The van der Waals surface area contributed by atoms with Crippen molar-refractivity contribution in [3.8, 4) is 17.0 Å². The summed E-state index contributed by atoms with van der Waals surface area (Å²) in [6, 6.07) is 4.89. The molecular formula is C16H19ClFN3O2S2. The normalized spacial score (nSPS) is 16.8. The average molecular weight is 404 g/mol. The molecule has 1 amide bonds. The number of benzene rings is 1. The van der Waals surface area contributed by atoms with Crippen LogP contribution in [-0.2, 0) is 4.79 Å². The van der Waals surface area contributed by atoms with Gasteiger partial charge in [0.2, 0.25) is 5.91 Å². The van der Waals surface area contributed by atoms with Crippen LogP contribution in [0.2, 0.25) is 0 Å². The van der Waals surface area contributed by atoms with Crippen LogP contribution in [0.3, 0.4) is 0 Å². The van der Waals surface area contributed by atoms with Gasteiger partial charge in [-0.3, -0.25) is 4.79 Å². The summed E-state index contributed by atoms with van der Waals surface area (Å²) >= 11 is 3.18. The summed E-state index contributed by atoms with van der Waals surface area (Å²) in [5, 5.41) is 8.47. The van der Waals surface area contributed by atoms with E-state index in [1.165, 1.54) is 24.5 Å². The fourth-order valence-corrected chi connectivity index (χ4v) is 4.12. The van der Waals surface area contributed by atoms with E-state index in [1.54, 1.807) is 17.5 Å². The Balaban J connectivity index is 0.00000225. The number of hydrogen-bond acceptors (Lipinski definition) is 6. The number of thiazole rings is 1. The predicted molar refractivity (Wildman–Crippen MR) is 104 cm³/mol. The van der Waals surface area contributed by atoms with Gasteiger partial charge in [-0.1, -0.05) is 0 Å². The lowest BCUT2D eigenvalue weighted by Crippen LogP contribution is -2.39. The monoisotopic (exact) mass is 403 g/mol. The SMILES string of the molecule is COc1ccc(-c2csc(NC(=O)CC3CSCCN3)n2)cc1F.Cl. The van der Waals surface area contributed by atoms with Crippen molar-refractivity contribution in [2.75, 3.05) is 30.5 Å². The van der Waals surface area contributed by atoms with Crippen LogP contribution in [0.1, 0.15) is 6.42 Å². The molecule has 5 nitrogen and oxygen atoms in total. The van der Waals surface area contributed by atoms with Gasteiger partial charge >= 0.3 is 0 Å². The summed E-state index contributed by atoms with van der Waals surface area (Å²) in [5.74, 6) is 1.74. The van der Waals surface area contributed by atoms with Gasteiger partial charge in [0.15, 0.2) is 16.7 Å². The van der Waals surface area contributed by atoms with E-state index in [0.717, 1.165) is 18.1 Å². The molecule has 25 heavy (non-hydrogen) atoms. The van der Waals surface area contributed by atoms with Gasteiger partial charge < -0.3 is 15.4 Å². The topological polar surface area (TPSA) is 63.2 Å². The highest BCUT2D eigenvalue weighted by atomic mass is 35.5. The van der Waals surface area contributed by atoms with E-state index >= 15 is 0 Å². The molecule has 0 aliphatic carbocycles. The molecule has 2 heterocycles. The van der Waals surface area contributed by atoms with Crippen LogP contribution >= 0.6 is 35.5 Å². The first-order valence-electron chi connectivity index (χ1n) is 7.56. The number of ether oxygens (including phenoxy) is 1. The van der Waals surface area contributed by atoms with Crippen molar-refractivity contribution in [1.82, 2.24) is 10.3 Å². The minimum Gasteiger partial charge on any atom is -0.494 e. The predicted octanol–water partition coefficient (Wildman–Crippen LogP) is 3.41. The molecule has 0 bridgehead atoms. The van der Waals surface area contributed by atoms with Gasteiger partial charge in [0.25, 0.3) is 0 Å². The summed E-state index contributed by atoms with van der Waals surface area (Å²) in [5.41, 5.74) is 1.28. The molecule has 3 rings (SSSR count). The molecule has 1 aromatic carbocycles. The van der Waals surface area contributed by atoms with Gasteiger partial charge in [-0.05, 0) is 18.2 Å². The number of thioether (sulfide) groups is 1. The van der Waals surface area contributed by atoms with Crippen LogP contribution in [0.25, 0.3) is 11.3 Å². The molecule has 2 aromatic rings. The van der Waals surface area contributed by atoms with E-state index in [4.69, 9.17) is 4.74 Å². The molecule has 1 fully saturated rings. The molecule has 0 saturated carbocycles. The summed E-state index contributed by atoms with van der Waals surface area (Å²) in [6.07, 6.45) is 0.430. The first kappa shape index (κ1) is 20.0. The Morgan fingerprint density at radius 3 is 3.04 bits per heavy atom. The number of nitrogens with zero attached hydrogens (tertiary/aromatic N) is 1. The molecule has 0 radical (unpaired) electrons. The number of hydrogen-bond donors (Lipinski definition) is 2. The number of carbonyl (C=O) groups excluding carboxylic acids is 1. The molecule has 136 valence electrons. The summed E-state index contributed by atoms with van der Waals surface area (Å²) in [6.45, 7) is 0.938. The van der Waals surface area contributed by atoms with Gasteiger partial charge in [0.05, 0.1) is 12.8 Å². The molecule has 1 atom stereocenters. The van der Waals surface area contributed by atoms with Crippen LogP contribution < -0.4 is 15.4 Å². The van der Waals surface area contributed by atoms with Crippen LogP contribution in [0.15, 0.2) is 23.6 Å². The lowest BCUT2D eigenvalue weighted by molar-refractivity contribution is -0.116. The van der Waals surface area contributed by atoms with Gasteiger partial charge in [-0.25, -0.2) is 9.37 Å². The molecule has 9 heteroatoms. The maximum absolute atomic E-state index is 13.8. The third kappa shape index (κ3) is 5.31. The fourth-order valence-electron chi connectivity index (χ4n) is 2.43. The zero-order chi connectivity index (χ0) is 16.9. The van der Waals surface area contributed by atoms with Crippen LogP contribution in [-0.4, -0.2) is 42.1 Å². The Bertz CT molecular complexity index is 723. The first-order valence-corrected chi connectivity index (χ1v) is 9.59. The molecule has 1 saturated heterocycles. The quantitative estimate of drug-likeness (QED) is 0.801. The standard InChI is InChI=1S/C16H18FN3O2S2.ClH/c1-22-14-3-2-10(6-12(14)17)13-9-24-16(19-13)20-15(21)7-11-8-23-5-4-18-11;/h2-3,6,9,11,18H,4-5,7-8H2,1H3,(H,19,20,21);1H. The number of nitrogens with one attached hydrogen (secondary N) is 2. The highest BCUT2D eigenvalue weighted by Crippen LogP contribution is 2.28. The van der Waals surface area contributed by atoms with E-state index in [0.29, 0.717) is 22.8 Å². The number of rotatable bonds is 5. The number of anilines is 1. The molecule has 2 N–H and O–H groups in total. The van der Waals surface area contributed by atoms with Gasteiger partial charge in [0.1, 0.15) is 0 Å². The minimum atomic E-state index is -0.436. The maximum atomic E-state index is 13.8. The van der Waals surface area contributed by atoms with Gasteiger partial charge in [-0.2, -0.15) is 11.8 Å². The Morgan fingerprint density at radius 2 is 2.36 bits per heavy atom. The van der Waals surface area contributed by atoms with Crippen molar-refractivity contribution in [3.05, 3.63) is 29.4 Å². The maximum Gasteiger partial charge on any atom is 0.227 e. The van der Waals surface area contributed by atoms with E-state index in [9.17, 15) is 9.18 Å². The largest absolute Gasteiger partial charge is 0.494 e. The fraction of sp³-hybridized carbons (Fsp3) is 0.375. The second kappa shape index (κ2) is 9.38. The number of carbonyl (C=O) groups is 1. The average Bonchev–Trinajstić information content (AvgIpc) is 3.04. The summed E-state index contributed by atoms with van der Waals surface area (Å²) in [7, 11) is 1.42. The molecule has 0 spiro atoms. The lowest BCUT2D eigenvalue weighted by atomic mass is 10.1. The lowest BCUT2D eigenvalue weighted by Gasteiger charge is -2.22. The Hall–Kier alpha value is -1.35. The van der Waals surface area contributed by atoms with Crippen molar-refractivity contribution < 1.29 is 13.9 Å². The van der Waals surface area contributed by atoms with Gasteiger partial charge in [0, 0.05) is 41.5 Å². The Kier molecular flexibility index (Phi) is 7.49. The number of aromatic nitrogens is 1. The number of halogens is 2. The first-order chi connectivity index (χ1) is 11.7. The highest BCUT2D eigenvalue weighted by Gasteiger charge is 2.17. The van der Waals surface area contributed by atoms with Crippen molar-refractivity contribution in [2.24, 2.45) is 0 Å². The molecular weight excluding hydrogens is 385 g/mol. The zero-order valence-electron chi connectivity index (χ0n) is 13.6. The van der Waals surface area contributed by atoms with Crippen molar-refractivity contribution in [3.63, 3.8) is 0 Å². The number of amides is 1. The van der Waals surface area contributed by atoms with E-state index in [-0.39, 0.29) is 30.1 Å². The van der Waals surface area contributed by atoms with Gasteiger partial charge in [-0.15, -0.1) is 23.7 Å². The van der Waals surface area contributed by atoms with Crippen LogP contribution in [0.5, 0.6) is 5.75 Å². The third-order valence-corrected chi connectivity index (χ3v) is 5.52. The van der Waals surface area contributed by atoms with Crippen molar-refractivity contribution in [2.45, 2.75) is 12.5 Å². The Labute approximate surface area is 160 Å². The second-order valence-corrected chi connectivity index (χ2v) is 7.37. The second-order valence-electron chi connectivity index (χ2n) is 5.37. The number of methoxy groups -OCH3 is 1. The van der Waals surface area contributed by atoms with Crippen LogP contribution in [0, 0.1) is 5.82 Å². The van der Waals surface area contributed by atoms with Crippen LogP contribution in [0.4, 0.5) is 9.52 Å². The van der Waals surface area contributed by atoms with E-state index < -0.39 is 5.82 Å². The Morgan fingerprint density at radius 1 is 1.52 bits per heavy atom. The molecule has 1 aliphatic rings. The minimum absolute atomic E-state index is 0. The van der Waals surface area contributed by atoms with E-state index in [2.05, 4.69) is 15.6 Å².